The first kappa shape index (κ1) is 14.2. The van der Waals surface area contributed by atoms with Gasteiger partial charge >= 0.3 is 0 Å². The second-order valence-electron chi connectivity index (χ2n) is 3.49. The van der Waals surface area contributed by atoms with Gasteiger partial charge in [0.2, 0.25) is 0 Å². The molecule has 0 saturated heterocycles. The van der Waals surface area contributed by atoms with E-state index in [9.17, 15) is 0 Å². The van der Waals surface area contributed by atoms with Crippen LogP contribution in [0.5, 0.6) is 0 Å². The molecule has 0 aromatic heterocycles. The first-order valence-electron chi connectivity index (χ1n) is 5.19. The zero-order chi connectivity index (χ0) is 12.6. The number of allylic oxidation sites excluding steroid dienone is 10. The summed E-state index contributed by atoms with van der Waals surface area (Å²) in [6.07, 6.45) is 11.2. The van der Waals surface area contributed by atoms with Crippen molar-refractivity contribution in [2.45, 2.75) is 13.8 Å². The third-order valence-electron chi connectivity index (χ3n) is 2.15. The van der Waals surface area contributed by atoms with E-state index in [1.165, 1.54) is 0 Å². The molecule has 0 aliphatic carbocycles. The first-order chi connectivity index (χ1) is 7.58. The second-order valence-corrected chi connectivity index (χ2v) is 3.49. The van der Waals surface area contributed by atoms with Gasteiger partial charge in [-0.25, -0.2) is 0 Å². The summed E-state index contributed by atoms with van der Waals surface area (Å²) in [5, 5.41) is 0. The maximum Gasteiger partial charge on any atom is -0.0158 e. The summed E-state index contributed by atoms with van der Waals surface area (Å²) in [6.45, 7) is 19.2. The molecule has 0 aliphatic rings. The predicted octanol–water partition coefficient (Wildman–Crippen LogP) is 4.92. The molecule has 0 saturated carbocycles. The summed E-state index contributed by atoms with van der Waals surface area (Å²) < 4.78 is 0. The molecule has 16 heavy (non-hydrogen) atoms. The highest BCUT2D eigenvalue weighted by Gasteiger charge is 2.03. The molecule has 0 rings (SSSR count). The van der Waals surface area contributed by atoms with E-state index in [2.05, 4.69) is 26.3 Å². The van der Waals surface area contributed by atoms with Crippen molar-refractivity contribution in [2.24, 2.45) is 0 Å². The fourth-order valence-corrected chi connectivity index (χ4v) is 1.38. The van der Waals surface area contributed by atoms with Gasteiger partial charge in [0, 0.05) is 0 Å². The van der Waals surface area contributed by atoms with Crippen molar-refractivity contribution in [3.63, 3.8) is 0 Å². The maximum atomic E-state index is 3.98. The van der Waals surface area contributed by atoms with E-state index in [1.54, 1.807) is 12.2 Å². The normalized spacial score (nSPS) is 13.2. The Morgan fingerprint density at radius 2 is 1.56 bits per heavy atom. The Kier molecular flexibility index (Phi) is 6.62. The van der Waals surface area contributed by atoms with Crippen molar-refractivity contribution in [2.75, 3.05) is 0 Å². The number of hydrogen-bond acceptors (Lipinski definition) is 0. The van der Waals surface area contributed by atoms with Crippen molar-refractivity contribution in [3.8, 4) is 0 Å². The van der Waals surface area contributed by atoms with Crippen LogP contribution in [0.4, 0.5) is 0 Å². The van der Waals surface area contributed by atoms with Gasteiger partial charge < -0.3 is 0 Å². The third kappa shape index (κ3) is 4.14. The van der Waals surface area contributed by atoms with Crippen LogP contribution in [-0.4, -0.2) is 0 Å². The van der Waals surface area contributed by atoms with E-state index in [4.69, 9.17) is 0 Å². The molecule has 0 spiro atoms. The minimum atomic E-state index is 1.00. The minimum absolute atomic E-state index is 1.00. The van der Waals surface area contributed by atoms with Crippen LogP contribution in [0.15, 0.2) is 85.1 Å². The molecule has 0 heteroatoms. The monoisotopic (exact) mass is 212 g/mol. The van der Waals surface area contributed by atoms with Crippen LogP contribution in [0, 0.1) is 0 Å². The van der Waals surface area contributed by atoms with Crippen molar-refractivity contribution in [1.29, 1.82) is 0 Å². The van der Waals surface area contributed by atoms with E-state index in [1.807, 2.05) is 38.2 Å². The Morgan fingerprint density at radius 3 is 1.94 bits per heavy atom. The van der Waals surface area contributed by atoms with Crippen molar-refractivity contribution >= 4 is 0 Å². The molecule has 0 bridgehead atoms. The van der Waals surface area contributed by atoms with Crippen molar-refractivity contribution in [3.05, 3.63) is 85.1 Å². The van der Waals surface area contributed by atoms with E-state index in [0.29, 0.717) is 0 Å². The summed E-state index contributed by atoms with van der Waals surface area (Å²) in [7, 11) is 0. The molecular weight excluding hydrogens is 192 g/mol. The summed E-state index contributed by atoms with van der Waals surface area (Å²) in [6, 6.07) is 0. The van der Waals surface area contributed by atoms with Crippen LogP contribution < -0.4 is 0 Å². The van der Waals surface area contributed by atoms with E-state index in [0.717, 1.165) is 22.3 Å². The van der Waals surface area contributed by atoms with Gasteiger partial charge in [-0.15, -0.1) is 0 Å². The number of rotatable bonds is 6. The van der Waals surface area contributed by atoms with Gasteiger partial charge in [0.25, 0.3) is 0 Å². The topological polar surface area (TPSA) is 0 Å². The average Bonchev–Trinajstić information content (AvgIpc) is 2.23. The Morgan fingerprint density at radius 1 is 0.938 bits per heavy atom. The van der Waals surface area contributed by atoms with E-state index < -0.39 is 0 Å². The lowest BCUT2D eigenvalue weighted by Gasteiger charge is -2.09. The summed E-state index contributed by atoms with van der Waals surface area (Å²) in [5.74, 6) is 0. The van der Waals surface area contributed by atoms with Crippen molar-refractivity contribution < 1.29 is 0 Å². The highest BCUT2D eigenvalue weighted by Crippen LogP contribution is 2.22. The largest absolute Gasteiger partial charge is 0.0991 e. The second kappa shape index (κ2) is 7.47. The lowest BCUT2D eigenvalue weighted by Crippen LogP contribution is -1.90. The minimum Gasteiger partial charge on any atom is -0.0991 e. The molecule has 0 aromatic carbocycles. The molecule has 0 heterocycles. The van der Waals surface area contributed by atoms with Gasteiger partial charge in [-0.3, -0.25) is 0 Å². The van der Waals surface area contributed by atoms with Crippen LogP contribution in [0.3, 0.4) is 0 Å². The highest BCUT2D eigenvalue weighted by atomic mass is 14.1. The van der Waals surface area contributed by atoms with Gasteiger partial charge in [-0.2, -0.15) is 0 Å². The molecule has 0 fully saturated rings. The Balaban J connectivity index is 5.67. The lowest BCUT2D eigenvalue weighted by atomic mass is 9.96. The van der Waals surface area contributed by atoms with Gasteiger partial charge in [-0.1, -0.05) is 68.3 Å². The van der Waals surface area contributed by atoms with Gasteiger partial charge in [-0.05, 0) is 30.6 Å². The summed E-state index contributed by atoms with van der Waals surface area (Å²) in [4.78, 5) is 0. The van der Waals surface area contributed by atoms with Crippen LogP contribution in [0.2, 0.25) is 0 Å². The summed E-state index contributed by atoms with van der Waals surface area (Å²) >= 11 is 0. The van der Waals surface area contributed by atoms with Crippen LogP contribution in [0.25, 0.3) is 0 Å². The molecule has 0 aliphatic heterocycles. The zero-order valence-electron chi connectivity index (χ0n) is 10.3. The van der Waals surface area contributed by atoms with Crippen LogP contribution in [0.1, 0.15) is 13.8 Å². The van der Waals surface area contributed by atoms with Crippen LogP contribution in [-0.2, 0) is 0 Å². The SMILES string of the molecule is C=C\C=C/C(C(=C)C)=C(C=C)/C(C)=C\C=C. The maximum absolute atomic E-state index is 3.98. The van der Waals surface area contributed by atoms with Crippen LogP contribution >= 0.6 is 0 Å². The smallest absolute Gasteiger partial charge is 0.0158 e. The Hall–Kier alpha value is -1.82. The molecule has 0 radical (unpaired) electrons. The number of hydrogen-bond donors (Lipinski definition) is 0. The molecule has 84 valence electrons. The molecule has 0 atom stereocenters. The third-order valence-corrected chi connectivity index (χ3v) is 2.15. The van der Waals surface area contributed by atoms with Gasteiger partial charge in [0.1, 0.15) is 0 Å². The average molecular weight is 212 g/mol. The molecular formula is C16H20. The van der Waals surface area contributed by atoms with Gasteiger partial charge in [0.15, 0.2) is 0 Å². The Bertz CT molecular complexity index is 384. The molecule has 0 aromatic rings. The molecule has 0 unspecified atom stereocenters. The highest BCUT2D eigenvalue weighted by molar-refractivity contribution is 5.53. The predicted molar refractivity (Wildman–Crippen MR) is 75.3 cm³/mol. The van der Waals surface area contributed by atoms with E-state index in [-0.39, 0.29) is 0 Å². The fourth-order valence-electron chi connectivity index (χ4n) is 1.38. The lowest BCUT2D eigenvalue weighted by molar-refractivity contribution is 1.34. The van der Waals surface area contributed by atoms with Gasteiger partial charge in [0.05, 0.1) is 0 Å². The van der Waals surface area contributed by atoms with Crippen molar-refractivity contribution in [1.82, 2.24) is 0 Å². The first-order valence-corrected chi connectivity index (χ1v) is 5.19. The van der Waals surface area contributed by atoms with E-state index >= 15 is 0 Å². The molecule has 0 nitrogen and oxygen atoms in total. The fraction of sp³-hybridized carbons (Fsp3) is 0.125. The zero-order valence-corrected chi connectivity index (χ0v) is 10.3. The summed E-state index contributed by atoms with van der Waals surface area (Å²) in [5.41, 5.74) is 4.28. The quantitative estimate of drug-likeness (QED) is 0.548. The molecule has 0 amide bonds. The Labute approximate surface area is 99.4 Å². The standard InChI is InChI=1S/C16H20/c1-7-10-12-16(13(4)5)15(9-3)14(6)11-8-2/h7-12H,1-4H2,5-6H3/b12-10-,14-11-,16-15-. The molecule has 0 N–H and O–H groups in total.